The lowest BCUT2D eigenvalue weighted by atomic mass is 10.0. The molecule has 2 saturated heterocycles. The van der Waals surface area contributed by atoms with Crippen molar-refractivity contribution in [1.82, 2.24) is 28.2 Å². The molecule has 2 fully saturated rings. The first kappa shape index (κ1) is 61.6. The van der Waals surface area contributed by atoms with Crippen LogP contribution in [0.1, 0.15) is 80.6 Å². The Morgan fingerprint density at radius 2 is 0.960 bits per heavy atom. The van der Waals surface area contributed by atoms with E-state index in [4.69, 9.17) is 15.2 Å². The summed E-state index contributed by atoms with van der Waals surface area (Å²) in [5.41, 5.74) is 10.9. The molecular formula is C55H79N7O11S2. The average Bonchev–Trinajstić information content (AvgIpc) is 3.37. The molecule has 0 bridgehead atoms. The Hall–Kier alpha value is -5.90. The average molecular weight is 1080 g/mol. The van der Waals surface area contributed by atoms with E-state index in [9.17, 15) is 36.0 Å². The number of likely N-dealkylation sites (tertiary alicyclic amines) is 2. The fourth-order valence-electron chi connectivity index (χ4n) is 9.18. The number of anilines is 1. The van der Waals surface area contributed by atoms with Crippen LogP contribution in [0.25, 0.3) is 0 Å². The highest BCUT2D eigenvalue weighted by Crippen LogP contribution is 2.29. The van der Waals surface area contributed by atoms with Crippen LogP contribution in [0.4, 0.5) is 5.69 Å². The Morgan fingerprint density at radius 1 is 0.600 bits per heavy atom. The number of rotatable bonds is 19. The van der Waals surface area contributed by atoms with Crippen LogP contribution < -0.4 is 15.2 Å². The minimum Gasteiger partial charge on any atom is -0.497 e. The number of aryl methyl sites for hydroxylation is 4. The van der Waals surface area contributed by atoms with E-state index in [0.29, 0.717) is 63.6 Å². The molecule has 20 heteroatoms. The van der Waals surface area contributed by atoms with Gasteiger partial charge in [0.25, 0.3) is 18.3 Å². The van der Waals surface area contributed by atoms with Crippen LogP contribution >= 0.6 is 0 Å². The molecule has 0 saturated carbocycles. The first-order valence-electron chi connectivity index (χ1n) is 25.0. The van der Waals surface area contributed by atoms with Crippen LogP contribution in [-0.2, 0) is 40.8 Å². The third-order valence-corrected chi connectivity index (χ3v) is 18.0. The lowest BCUT2D eigenvalue weighted by molar-refractivity contribution is -0.128. The first-order valence-corrected chi connectivity index (χ1v) is 27.9. The monoisotopic (exact) mass is 1080 g/mol. The van der Waals surface area contributed by atoms with Crippen molar-refractivity contribution in [2.24, 2.45) is 0 Å². The lowest BCUT2D eigenvalue weighted by Gasteiger charge is -2.35. The maximum absolute atomic E-state index is 13.2. The number of Topliss-reactive ketones (excluding diaryl/α,β-unsaturated/α-hetero) is 1. The van der Waals surface area contributed by atoms with E-state index >= 15 is 0 Å². The number of methoxy groups -OCH3 is 2. The number of amides is 2. The van der Waals surface area contributed by atoms with Gasteiger partial charge in [-0.15, -0.1) is 0 Å². The number of carbonyl (C=O) groups is 4. The highest BCUT2D eigenvalue weighted by atomic mass is 32.2. The molecule has 0 unspecified atom stereocenters. The molecule has 0 atom stereocenters. The van der Waals surface area contributed by atoms with Crippen LogP contribution in [0.3, 0.4) is 0 Å². The Bertz CT molecular complexity index is 2730. The second-order valence-corrected chi connectivity index (χ2v) is 23.5. The van der Waals surface area contributed by atoms with E-state index in [1.807, 2.05) is 21.9 Å². The smallest absolute Gasteiger partial charge is 0.293 e. The number of ether oxygens (including phenoxy) is 3. The van der Waals surface area contributed by atoms with Crippen molar-refractivity contribution in [3.8, 4) is 11.5 Å². The normalized spacial score (nSPS) is 14.5. The van der Waals surface area contributed by atoms with Crippen molar-refractivity contribution in [2.75, 3.05) is 108 Å². The van der Waals surface area contributed by atoms with Gasteiger partial charge in [0, 0.05) is 95.1 Å². The van der Waals surface area contributed by atoms with E-state index < -0.39 is 20.0 Å². The fraction of sp³-hybridized carbons (Fsp3) is 0.491. The number of likely N-dealkylation sites (N-methyl/N-ethyl adjacent to an activating group) is 1. The number of piperidine rings is 2. The summed E-state index contributed by atoms with van der Waals surface area (Å²) in [7, 11) is 6.99. The highest BCUT2D eigenvalue weighted by molar-refractivity contribution is 7.89. The Balaban J connectivity index is 0.000000269. The largest absolute Gasteiger partial charge is 0.497 e. The van der Waals surface area contributed by atoms with E-state index in [-0.39, 0.29) is 59.9 Å². The number of hydrogen-bond donors (Lipinski definition) is 1. The van der Waals surface area contributed by atoms with Crippen molar-refractivity contribution in [2.45, 2.75) is 88.1 Å². The van der Waals surface area contributed by atoms with Gasteiger partial charge in [0.1, 0.15) is 23.9 Å². The van der Waals surface area contributed by atoms with Crippen molar-refractivity contribution in [3.05, 3.63) is 112 Å². The second kappa shape index (κ2) is 28.3. The highest BCUT2D eigenvalue weighted by Gasteiger charge is 2.29. The summed E-state index contributed by atoms with van der Waals surface area (Å²) in [4.78, 5) is 56.6. The summed E-state index contributed by atoms with van der Waals surface area (Å²) in [6.07, 6.45) is 4.32. The van der Waals surface area contributed by atoms with Crippen molar-refractivity contribution in [3.63, 3.8) is 0 Å². The third-order valence-electron chi connectivity index (χ3n) is 13.7. The van der Waals surface area contributed by atoms with Gasteiger partial charge in [0.2, 0.25) is 20.0 Å². The minimum absolute atomic E-state index is 0.0195. The Labute approximate surface area is 445 Å². The third kappa shape index (κ3) is 17.1. The second-order valence-electron chi connectivity index (χ2n) is 19.6. The molecule has 0 aromatic heterocycles. The minimum atomic E-state index is -3.75. The molecule has 75 heavy (non-hydrogen) atoms. The number of benzene rings is 4. The van der Waals surface area contributed by atoms with Gasteiger partial charge in [0.15, 0.2) is 0 Å². The molecular weight excluding hydrogens is 999 g/mol. The fourth-order valence-corrected chi connectivity index (χ4v) is 12.3. The zero-order chi connectivity index (χ0) is 55.8. The Morgan fingerprint density at radius 3 is 1.31 bits per heavy atom. The number of sulfonamides is 2. The first-order chi connectivity index (χ1) is 35.3. The summed E-state index contributed by atoms with van der Waals surface area (Å²) in [6, 6.07) is 22.2. The standard InChI is InChI=1S/C28H39N3O5S.C14H21N3O.C13H19NO5S/c1-20-17-26(36-6)18-21(2)27(20)37(34,35)30(5)14-13-25(32)19-22-7-9-23(10-8-22)28(33)31-15-11-24(12-16-31)29(3)4;1-16(2)13-7-9-17(10-8-13)14(18)11-3-5-12(15)6-4-11;1-10-7-12(18-4)8-11(2)13(10)20(16,17)14(3)5-6-19-9-15/h7-10,17-18,24H,11-16,19H2,1-6H3;3-6,13H,7-10,15H2,1-2H3;7-9H,5-6H2,1-4H3. The summed E-state index contributed by atoms with van der Waals surface area (Å²) in [5, 5.41) is 0. The molecule has 2 N–H and O–H groups in total. The zero-order valence-electron chi connectivity index (χ0n) is 45.9. The maximum Gasteiger partial charge on any atom is 0.293 e. The van der Waals surface area contributed by atoms with Gasteiger partial charge in [-0.3, -0.25) is 19.2 Å². The molecule has 2 heterocycles. The molecule has 4 aromatic carbocycles. The number of nitrogen functional groups attached to an aromatic ring is 1. The van der Waals surface area contributed by atoms with Gasteiger partial charge >= 0.3 is 0 Å². The molecule has 0 spiro atoms. The van der Waals surface area contributed by atoms with Gasteiger partial charge in [-0.05, 0) is 170 Å². The zero-order valence-corrected chi connectivity index (χ0v) is 47.6. The predicted molar refractivity (Wildman–Crippen MR) is 292 cm³/mol. The maximum atomic E-state index is 13.2. The number of carbonyl (C=O) groups excluding carboxylic acids is 4. The van der Waals surface area contributed by atoms with E-state index in [1.54, 1.807) is 95.5 Å². The molecule has 6 rings (SSSR count). The van der Waals surface area contributed by atoms with Crippen molar-refractivity contribution in [1.29, 1.82) is 0 Å². The summed E-state index contributed by atoms with van der Waals surface area (Å²) in [6.45, 7) is 10.6. The van der Waals surface area contributed by atoms with Crippen molar-refractivity contribution < 1.29 is 50.2 Å². The van der Waals surface area contributed by atoms with Gasteiger partial charge in [0.05, 0.1) is 24.0 Å². The molecule has 412 valence electrons. The number of nitrogens with zero attached hydrogens (tertiary/aromatic N) is 6. The van der Waals surface area contributed by atoms with Crippen LogP contribution in [0.2, 0.25) is 0 Å². The molecule has 18 nitrogen and oxygen atoms in total. The Kier molecular flexibility index (Phi) is 23.3. The molecule has 0 radical (unpaired) electrons. The van der Waals surface area contributed by atoms with Crippen LogP contribution in [0.5, 0.6) is 11.5 Å². The van der Waals surface area contributed by atoms with Gasteiger partial charge in [-0.25, -0.2) is 21.1 Å². The molecule has 2 aliphatic heterocycles. The van der Waals surface area contributed by atoms with E-state index in [2.05, 4.69) is 42.7 Å². The van der Waals surface area contributed by atoms with Gasteiger partial charge < -0.3 is 39.5 Å². The van der Waals surface area contributed by atoms with Crippen LogP contribution in [-0.4, -0.2) is 184 Å². The number of hydrogen-bond acceptors (Lipinski definition) is 14. The molecule has 2 aliphatic rings. The van der Waals surface area contributed by atoms with Gasteiger partial charge in [-0.1, -0.05) is 12.1 Å². The molecule has 4 aromatic rings. The lowest BCUT2D eigenvalue weighted by Crippen LogP contribution is -2.44. The number of nitrogens with two attached hydrogens (primary N) is 1. The van der Waals surface area contributed by atoms with Crippen LogP contribution in [0.15, 0.2) is 82.6 Å². The molecule has 2 amide bonds. The quantitative estimate of drug-likeness (QED) is 0.0665. The topological polar surface area (TPSA) is 210 Å². The predicted octanol–water partition coefficient (Wildman–Crippen LogP) is 5.84. The summed E-state index contributed by atoms with van der Waals surface area (Å²) in [5.74, 6) is 1.30. The van der Waals surface area contributed by atoms with E-state index in [0.717, 1.165) is 67.3 Å². The summed E-state index contributed by atoms with van der Waals surface area (Å²) >= 11 is 0. The van der Waals surface area contributed by atoms with Crippen LogP contribution in [0, 0.1) is 27.7 Å². The van der Waals surface area contributed by atoms with E-state index in [1.165, 1.54) is 25.5 Å². The van der Waals surface area contributed by atoms with Gasteiger partial charge in [-0.2, -0.15) is 4.31 Å². The number of ketones is 1. The van der Waals surface area contributed by atoms with Crippen molar-refractivity contribution >= 4 is 49.8 Å². The summed E-state index contributed by atoms with van der Waals surface area (Å²) < 4.78 is 68.6. The molecule has 0 aliphatic carbocycles. The SMILES string of the molecule is CN(C)C1CCN(C(=O)c2ccc(N)cc2)CC1.COc1cc(C)c(S(=O)(=O)N(C)CCC(=O)Cc2ccc(C(=O)N3CCC(N(C)C)CC3)cc2)c(C)c1.COc1cc(C)c(S(=O)(=O)N(C)CCOC=O)c(C)c1.